The number of carbonyl (C=O) groups is 1. The molecule has 1 N–H and O–H groups in total. The van der Waals surface area contributed by atoms with Crippen LogP contribution in [0.1, 0.15) is 54.2 Å². The van der Waals surface area contributed by atoms with Crippen molar-refractivity contribution in [3.05, 3.63) is 23.5 Å². The van der Waals surface area contributed by atoms with E-state index in [1.165, 1.54) is 19.3 Å². The first kappa shape index (κ1) is 10.1. The molecule has 2 rings (SSSR count). The number of rotatable bonds is 2. The molecule has 1 aliphatic rings. The highest BCUT2D eigenvalue weighted by Gasteiger charge is 2.17. The first-order chi connectivity index (χ1) is 7.27. The number of hydrogen-bond acceptors (Lipinski definition) is 3. The van der Waals surface area contributed by atoms with E-state index in [0.29, 0.717) is 5.92 Å². The van der Waals surface area contributed by atoms with Gasteiger partial charge in [0.05, 0.1) is 5.69 Å². The Kier molecular flexibility index (Phi) is 2.94. The van der Waals surface area contributed by atoms with Crippen molar-refractivity contribution in [2.75, 3.05) is 0 Å². The highest BCUT2D eigenvalue weighted by molar-refractivity contribution is 5.84. The van der Waals surface area contributed by atoms with Crippen LogP contribution in [-0.4, -0.2) is 21.3 Å². The van der Waals surface area contributed by atoms with Crippen molar-refractivity contribution >= 4 is 5.97 Å². The minimum atomic E-state index is -1.02. The molecule has 80 valence electrons. The Morgan fingerprint density at radius 1 is 1.20 bits per heavy atom. The predicted octanol–water partition coefficient (Wildman–Crippen LogP) is 2.22. The minimum absolute atomic E-state index is 0.0227. The Bertz CT molecular complexity index is 342. The summed E-state index contributed by atoms with van der Waals surface area (Å²) in [6, 6.07) is 3.34. The Balaban J connectivity index is 2.11. The minimum Gasteiger partial charge on any atom is -0.476 e. The van der Waals surface area contributed by atoms with Crippen molar-refractivity contribution in [3.63, 3.8) is 0 Å². The second-order valence-electron chi connectivity index (χ2n) is 3.98. The molecular formula is C11H14N2O2. The second kappa shape index (κ2) is 4.38. The van der Waals surface area contributed by atoms with E-state index in [4.69, 9.17) is 5.11 Å². The van der Waals surface area contributed by atoms with Crippen molar-refractivity contribution in [3.8, 4) is 0 Å². The van der Waals surface area contributed by atoms with E-state index in [0.717, 1.165) is 18.5 Å². The third kappa shape index (κ3) is 2.32. The molecule has 4 nitrogen and oxygen atoms in total. The van der Waals surface area contributed by atoms with E-state index in [1.807, 2.05) is 0 Å². The van der Waals surface area contributed by atoms with Gasteiger partial charge in [0.25, 0.3) is 0 Å². The lowest BCUT2D eigenvalue weighted by Gasteiger charge is -2.20. The molecule has 1 saturated carbocycles. The van der Waals surface area contributed by atoms with Crippen LogP contribution in [0.4, 0.5) is 0 Å². The van der Waals surface area contributed by atoms with Gasteiger partial charge in [0.1, 0.15) is 0 Å². The molecule has 0 aromatic carbocycles. The summed E-state index contributed by atoms with van der Waals surface area (Å²) in [5.74, 6) is -0.535. The topological polar surface area (TPSA) is 63.1 Å². The van der Waals surface area contributed by atoms with Gasteiger partial charge in [-0.2, -0.15) is 5.10 Å². The zero-order chi connectivity index (χ0) is 10.7. The maximum atomic E-state index is 10.6. The number of aromatic carboxylic acids is 1. The van der Waals surface area contributed by atoms with Crippen LogP contribution in [0.25, 0.3) is 0 Å². The molecule has 1 aromatic rings. The van der Waals surface area contributed by atoms with Crippen LogP contribution in [0.2, 0.25) is 0 Å². The fraction of sp³-hybridized carbons (Fsp3) is 0.545. The molecule has 0 unspecified atom stereocenters. The molecule has 0 spiro atoms. The molecule has 1 aromatic heterocycles. The van der Waals surface area contributed by atoms with Gasteiger partial charge < -0.3 is 5.11 Å². The third-order valence-corrected chi connectivity index (χ3v) is 2.93. The summed E-state index contributed by atoms with van der Waals surface area (Å²) in [6.07, 6.45) is 6.10. The van der Waals surface area contributed by atoms with Crippen molar-refractivity contribution in [2.24, 2.45) is 0 Å². The van der Waals surface area contributed by atoms with E-state index in [9.17, 15) is 4.79 Å². The van der Waals surface area contributed by atoms with E-state index in [1.54, 1.807) is 12.1 Å². The number of hydrogen-bond donors (Lipinski definition) is 1. The van der Waals surface area contributed by atoms with Crippen molar-refractivity contribution in [2.45, 2.75) is 38.0 Å². The smallest absolute Gasteiger partial charge is 0.356 e. The van der Waals surface area contributed by atoms with E-state index in [2.05, 4.69) is 10.2 Å². The SMILES string of the molecule is O=C(O)c1ccc(C2CCCCC2)nn1. The van der Waals surface area contributed by atoms with Gasteiger partial charge in [0, 0.05) is 5.92 Å². The van der Waals surface area contributed by atoms with Gasteiger partial charge in [-0.15, -0.1) is 5.10 Å². The molecular weight excluding hydrogens is 192 g/mol. The summed E-state index contributed by atoms with van der Waals surface area (Å²) in [4.78, 5) is 10.6. The number of aromatic nitrogens is 2. The van der Waals surface area contributed by atoms with Crippen LogP contribution in [0.15, 0.2) is 12.1 Å². The van der Waals surface area contributed by atoms with Crippen LogP contribution in [-0.2, 0) is 0 Å². The van der Waals surface area contributed by atoms with Gasteiger partial charge in [0.15, 0.2) is 5.69 Å². The molecule has 0 amide bonds. The molecule has 1 heterocycles. The summed E-state index contributed by atoms with van der Waals surface area (Å²) >= 11 is 0. The normalized spacial score (nSPS) is 17.6. The van der Waals surface area contributed by atoms with Gasteiger partial charge in [0.2, 0.25) is 0 Å². The Hall–Kier alpha value is -1.45. The highest BCUT2D eigenvalue weighted by atomic mass is 16.4. The summed E-state index contributed by atoms with van der Waals surface area (Å²) in [5.41, 5.74) is 0.967. The van der Waals surface area contributed by atoms with Gasteiger partial charge in [-0.25, -0.2) is 4.79 Å². The third-order valence-electron chi connectivity index (χ3n) is 2.93. The Morgan fingerprint density at radius 3 is 2.47 bits per heavy atom. The molecule has 0 bridgehead atoms. The van der Waals surface area contributed by atoms with Crippen LogP contribution < -0.4 is 0 Å². The summed E-state index contributed by atoms with van der Waals surface area (Å²) < 4.78 is 0. The number of carboxylic acid groups (broad SMARTS) is 1. The van der Waals surface area contributed by atoms with Gasteiger partial charge >= 0.3 is 5.97 Å². The monoisotopic (exact) mass is 206 g/mol. The summed E-state index contributed by atoms with van der Waals surface area (Å²) in [6.45, 7) is 0. The molecule has 0 radical (unpaired) electrons. The zero-order valence-corrected chi connectivity index (χ0v) is 8.52. The van der Waals surface area contributed by atoms with E-state index >= 15 is 0 Å². The maximum absolute atomic E-state index is 10.6. The van der Waals surface area contributed by atoms with Crippen molar-refractivity contribution in [1.82, 2.24) is 10.2 Å². The average Bonchev–Trinajstić information content (AvgIpc) is 2.30. The Morgan fingerprint density at radius 2 is 1.93 bits per heavy atom. The molecule has 1 fully saturated rings. The van der Waals surface area contributed by atoms with Gasteiger partial charge in [-0.1, -0.05) is 19.3 Å². The highest BCUT2D eigenvalue weighted by Crippen LogP contribution is 2.30. The lowest BCUT2D eigenvalue weighted by Crippen LogP contribution is -2.09. The lowest BCUT2D eigenvalue weighted by atomic mass is 9.87. The largest absolute Gasteiger partial charge is 0.476 e. The molecule has 15 heavy (non-hydrogen) atoms. The van der Waals surface area contributed by atoms with Gasteiger partial charge in [-0.05, 0) is 25.0 Å². The molecule has 0 atom stereocenters. The van der Waals surface area contributed by atoms with Crippen LogP contribution in [0, 0.1) is 0 Å². The van der Waals surface area contributed by atoms with Crippen LogP contribution in [0.5, 0.6) is 0 Å². The first-order valence-corrected chi connectivity index (χ1v) is 5.34. The second-order valence-corrected chi connectivity index (χ2v) is 3.98. The molecule has 4 heteroatoms. The summed E-state index contributed by atoms with van der Waals surface area (Å²) in [5, 5.41) is 16.4. The maximum Gasteiger partial charge on any atom is 0.356 e. The molecule has 0 aliphatic heterocycles. The number of carboxylic acids is 1. The van der Waals surface area contributed by atoms with Crippen LogP contribution in [0.3, 0.4) is 0 Å². The fourth-order valence-electron chi connectivity index (χ4n) is 2.07. The Labute approximate surface area is 88.3 Å². The lowest BCUT2D eigenvalue weighted by molar-refractivity contribution is 0.0689. The fourth-order valence-corrected chi connectivity index (χ4v) is 2.07. The molecule has 0 saturated heterocycles. The van der Waals surface area contributed by atoms with E-state index < -0.39 is 5.97 Å². The first-order valence-electron chi connectivity index (χ1n) is 5.34. The van der Waals surface area contributed by atoms with Crippen molar-refractivity contribution < 1.29 is 9.90 Å². The zero-order valence-electron chi connectivity index (χ0n) is 8.52. The van der Waals surface area contributed by atoms with E-state index in [-0.39, 0.29) is 5.69 Å². The van der Waals surface area contributed by atoms with Crippen LogP contribution >= 0.6 is 0 Å². The number of nitrogens with zero attached hydrogens (tertiary/aromatic N) is 2. The quantitative estimate of drug-likeness (QED) is 0.805. The van der Waals surface area contributed by atoms with Gasteiger partial charge in [-0.3, -0.25) is 0 Å². The molecule has 1 aliphatic carbocycles. The standard InChI is InChI=1S/C11H14N2O2/c14-11(15)10-7-6-9(12-13-10)8-4-2-1-3-5-8/h6-8H,1-5H2,(H,14,15). The average molecular weight is 206 g/mol. The predicted molar refractivity (Wildman–Crippen MR) is 54.8 cm³/mol. The summed E-state index contributed by atoms with van der Waals surface area (Å²) in [7, 11) is 0. The van der Waals surface area contributed by atoms with Crippen molar-refractivity contribution in [1.29, 1.82) is 0 Å².